The Labute approximate surface area is 194 Å². The van der Waals surface area contributed by atoms with Gasteiger partial charge in [-0.05, 0) is 26.3 Å². The summed E-state index contributed by atoms with van der Waals surface area (Å²) < 4.78 is 5.76. The molecule has 0 spiro atoms. The van der Waals surface area contributed by atoms with Crippen molar-refractivity contribution in [3.8, 4) is 0 Å². The summed E-state index contributed by atoms with van der Waals surface area (Å²) >= 11 is 0. The molecule has 9 nitrogen and oxygen atoms in total. The van der Waals surface area contributed by atoms with E-state index in [9.17, 15) is 14.4 Å². The molecule has 2 aliphatic heterocycles. The van der Waals surface area contributed by atoms with Gasteiger partial charge < -0.3 is 20.7 Å². The van der Waals surface area contributed by atoms with Crippen molar-refractivity contribution in [2.45, 2.75) is 45.4 Å². The van der Waals surface area contributed by atoms with Gasteiger partial charge in [0, 0.05) is 26.6 Å². The third kappa shape index (κ3) is 5.46. The topological polar surface area (TPSA) is 117 Å². The van der Waals surface area contributed by atoms with Crippen molar-refractivity contribution in [3.05, 3.63) is 35.9 Å². The van der Waals surface area contributed by atoms with Gasteiger partial charge in [0.1, 0.15) is 11.5 Å². The second-order valence-electron chi connectivity index (χ2n) is 8.97. The first-order chi connectivity index (χ1) is 14.5. The molecule has 1 aromatic carbocycles. The van der Waals surface area contributed by atoms with E-state index in [0.29, 0.717) is 19.6 Å². The number of hydrogen-bond acceptors (Lipinski definition) is 6. The maximum absolute atomic E-state index is 13.3. The Hall–Kier alpha value is -2.49. The number of hydrazone groups is 1. The van der Waals surface area contributed by atoms with E-state index in [0.717, 1.165) is 11.3 Å². The number of nitrogens with one attached hydrogen (secondary N) is 1. The smallest absolute Gasteiger partial charge is 0.255 e. The molecule has 32 heavy (non-hydrogen) atoms. The van der Waals surface area contributed by atoms with Crippen LogP contribution in [0.3, 0.4) is 0 Å². The maximum Gasteiger partial charge on any atom is 0.255 e. The molecule has 1 aromatic rings. The third-order valence-electron chi connectivity index (χ3n) is 5.70. The van der Waals surface area contributed by atoms with E-state index in [2.05, 4.69) is 10.4 Å². The van der Waals surface area contributed by atoms with Crippen LogP contribution in [0.15, 0.2) is 35.4 Å². The number of likely N-dealkylation sites (tertiary alicyclic amines) is 1. The third-order valence-corrected chi connectivity index (χ3v) is 5.70. The molecule has 3 amide bonds. The highest BCUT2D eigenvalue weighted by Crippen LogP contribution is 2.34. The molecule has 2 atom stereocenters. The van der Waals surface area contributed by atoms with Gasteiger partial charge in [0.25, 0.3) is 5.91 Å². The number of carbonyl (C=O) groups excluding carboxylic acids is 3. The van der Waals surface area contributed by atoms with Crippen LogP contribution in [-0.2, 0) is 25.7 Å². The zero-order valence-corrected chi connectivity index (χ0v) is 19.8. The van der Waals surface area contributed by atoms with Gasteiger partial charge in [0.15, 0.2) is 0 Å². The average molecular weight is 466 g/mol. The predicted molar refractivity (Wildman–Crippen MR) is 123 cm³/mol. The van der Waals surface area contributed by atoms with E-state index in [1.807, 2.05) is 30.3 Å². The van der Waals surface area contributed by atoms with Gasteiger partial charge >= 0.3 is 0 Å². The van der Waals surface area contributed by atoms with Crippen LogP contribution < -0.4 is 11.1 Å². The minimum atomic E-state index is -1.14. The van der Waals surface area contributed by atoms with Crippen LogP contribution in [0, 0.1) is 5.41 Å². The fraction of sp³-hybridized carbons (Fsp3) is 0.545. The lowest BCUT2D eigenvalue weighted by molar-refractivity contribution is -0.143. The van der Waals surface area contributed by atoms with Crippen molar-refractivity contribution in [1.82, 2.24) is 15.2 Å². The van der Waals surface area contributed by atoms with Gasteiger partial charge in [-0.1, -0.05) is 30.3 Å². The van der Waals surface area contributed by atoms with E-state index in [4.69, 9.17) is 10.5 Å². The standard InChI is InChI=1S/C22H31N5O4.ClH/c1-21(2,23)19(29)24-16(13-31-12-15-8-6-5-7-9-15)18(28)27-11-10-17-22(3,14-27)20(30)26(4)25-17;/h5-9,16H,10-14,23H2,1-4H3,(H,24,29);1H/t16-,22+;/m1./s1. The Balaban J connectivity index is 0.00000363. The second-order valence-corrected chi connectivity index (χ2v) is 8.97. The van der Waals surface area contributed by atoms with Gasteiger partial charge in [0.2, 0.25) is 11.8 Å². The van der Waals surface area contributed by atoms with Crippen LogP contribution in [0.1, 0.15) is 32.8 Å². The number of rotatable bonds is 7. The second kappa shape index (κ2) is 9.97. The number of nitrogens with two attached hydrogens (primary N) is 1. The summed E-state index contributed by atoms with van der Waals surface area (Å²) in [5.41, 5.74) is 5.67. The number of nitrogens with zero attached hydrogens (tertiary/aromatic N) is 3. The molecule has 0 aliphatic carbocycles. The number of amides is 3. The SMILES string of the molecule is CN1N=C2CCN(C(=O)[C@@H](COCc3ccccc3)NC(=O)C(C)(C)N)C[C@]2(C)C1=O.Cl. The van der Waals surface area contributed by atoms with Crippen LogP contribution in [-0.4, -0.2) is 71.7 Å². The first-order valence-corrected chi connectivity index (χ1v) is 10.4. The van der Waals surface area contributed by atoms with Crippen molar-refractivity contribution in [2.75, 3.05) is 26.7 Å². The number of ether oxygens (including phenoxy) is 1. The Bertz CT molecular complexity index is 886. The number of hydrogen-bond donors (Lipinski definition) is 2. The molecule has 0 bridgehead atoms. The molecule has 176 valence electrons. The van der Waals surface area contributed by atoms with Gasteiger partial charge in [-0.3, -0.25) is 14.4 Å². The fourth-order valence-corrected chi connectivity index (χ4v) is 3.80. The number of carbonyl (C=O) groups is 3. The number of piperidine rings is 1. The van der Waals surface area contributed by atoms with Gasteiger partial charge in [-0.15, -0.1) is 12.4 Å². The lowest BCUT2D eigenvalue weighted by Gasteiger charge is -2.38. The predicted octanol–water partition coefficient (Wildman–Crippen LogP) is 0.914. The summed E-state index contributed by atoms with van der Waals surface area (Å²) in [6, 6.07) is 8.66. The van der Waals surface area contributed by atoms with Crippen LogP contribution >= 0.6 is 12.4 Å². The minimum absolute atomic E-state index is 0. The molecule has 1 fully saturated rings. The first-order valence-electron chi connectivity index (χ1n) is 10.4. The summed E-state index contributed by atoms with van der Waals surface area (Å²) in [6.45, 7) is 5.90. The molecule has 3 N–H and O–H groups in total. The molecule has 0 radical (unpaired) electrons. The maximum atomic E-state index is 13.3. The Morgan fingerprint density at radius 1 is 1.31 bits per heavy atom. The molecular formula is C22H32ClN5O4. The molecule has 10 heteroatoms. The number of benzene rings is 1. The zero-order chi connectivity index (χ0) is 22.8. The van der Waals surface area contributed by atoms with Crippen molar-refractivity contribution in [1.29, 1.82) is 0 Å². The highest BCUT2D eigenvalue weighted by Gasteiger charge is 2.50. The summed E-state index contributed by atoms with van der Waals surface area (Å²) in [5, 5.41) is 8.38. The molecule has 0 saturated carbocycles. The summed E-state index contributed by atoms with van der Waals surface area (Å²) in [6.07, 6.45) is 0.506. The molecule has 3 rings (SSSR count). The molecule has 0 aromatic heterocycles. The Morgan fingerprint density at radius 3 is 2.59 bits per heavy atom. The van der Waals surface area contributed by atoms with Crippen molar-refractivity contribution in [3.63, 3.8) is 0 Å². The van der Waals surface area contributed by atoms with E-state index < -0.39 is 22.9 Å². The van der Waals surface area contributed by atoms with Gasteiger partial charge in [-0.25, -0.2) is 5.01 Å². The lowest BCUT2D eigenvalue weighted by atomic mass is 9.79. The molecule has 2 heterocycles. The molecular weight excluding hydrogens is 434 g/mol. The Kier molecular flexibility index (Phi) is 8.03. The normalized spacial score (nSPS) is 21.4. The van der Waals surface area contributed by atoms with Crippen LogP contribution in [0.25, 0.3) is 0 Å². The first kappa shape index (κ1) is 25.8. The van der Waals surface area contributed by atoms with Crippen molar-refractivity contribution >= 4 is 35.8 Å². The Morgan fingerprint density at radius 2 is 1.97 bits per heavy atom. The summed E-state index contributed by atoms with van der Waals surface area (Å²) in [7, 11) is 1.62. The van der Waals surface area contributed by atoms with Gasteiger partial charge in [-0.2, -0.15) is 5.10 Å². The zero-order valence-electron chi connectivity index (χ0n) is 19.0. The van der Waals surface area contributed by atoms with Crippen molar-refractivity contribution < 1.29 is 19.1 Å². The van der Waals surface area contributed by atoms with E-state index >= 15 is 0 Å². The quantitative estimate of drug-likeness (QED) is 0.620. The summed E-state index contributed by atoms with van der Waals surface area (Å²) in [4.78, 5) is 40.0. The van der Waals surface area contributed by atoms with Crippen LogP contribution in [0.2, 0.25) is 0 Å². The van der Waals surface area contributed by atoms with E-state index in [1.165, 1.54) is 5.01 Å². The highest BCUT2D eigenvalue weighted by molar-refractivity contribution is 6.13. The number of fused-ring (bicyclic) bond motifs is 1. The van der Waals surface area contributed by atoms with Crippen molar-refractivity contribution in [2.24, 2.45) is 16.3 Å². The average Bonchev–Trinajstić information content (AvgIpc) is 2.95. The molecule has 0 unspecified atom stereocenters. The van der Waals surface area contributed by atoms with E-state index in [1.54, 1.807) is 32.7 Å². The van der Waals surface area contributed by atoms with Crippen LogP contribution in [0.4, 0.5) is 0 Å². The van der Waals surface area contributed by atoms with E-state index in [-0.39, 0.29) is 37.4 Å². The number of halogens is 1. The largest absolute Gasteiger partial charge is 0.374 e. The van der Waals surface area contributed by atoms with Crippen LogP contribution in [0.5, 0.6) is 0 Å². The fourth-order valence-electron chi connectivity index (χ4n) is 3.80. The molecule has 2 aliphatic rings. The molecule has 1 saturated heterocycles. The van der Waals surface area contributed by atoms with Gasteiger partial charge in [0.05, 0.1) is 24.5 Å². The lowest BCUT2D eigenvalue weighted by Crippen LogP contribution is -2.60. The summed E-state index contributed by atoms with van der Waals surface area (Å²) in [5.74, 6) is -0.881. The monoisotopic (exact) mass is 465 g/mol. The minimum Gasteiger partial charge on any atom is -0.374 e. The highest BCUT2D eigenvalue weighted by atomic mass is 35.5.